The lowest BCUT2D eigenvalue weighted by atomic mass is 9.98. The van der Waals surface area contributed by atoms with Gasteiger partial charge in [0, 0.05) is 25.5 Å². The molecule has 2 amide bonds. The van der Waals surface area contributed by atoms with E-state index in [0.29, 0.717) is 19.2 Å². The molecule has 2 aromatic heterocycles. The Bertz CT molecular complexity index is 921. The number of anilines is 2. The Balaban J connectivity index is 1.32. The summed E-state index contributed by atoms with van der Waals surface area (Å²) in [6, 6.07) is 2.45. The smallest absolute Gasteiger partial charge is 0.318 e. The first-order valence-corrected chi connectivity index (χ1v) is 9.62. The number of rotatable bonds is 4. The van der Waals surface area contributed by atoms with Gasteiger partial charge in [0.15, 0.2) is 0 Å². The molecule has 0 spiro atoms. The van der Waals surface area contributed by atoms with Gasteiger partial charge in [-0.05, 0) is 30.9 Å². The van der Waals surface area contributed by atoms with Crippen molar-refractivity contribution in [1.29, 1.82) is 0 Å². The number of fused-ring (bicyclic) bond motifs is 2. The lowest BCUT2D eigenvalue weighted by Crippen LogP contribution is -2.56. The number of urea groups is 1. The van der Waals surface area contributed by atoms with Crippen molar-refractivity contribution in [3.8, 4) is 0 Å². The van der Waals surface area contributed by atoms with Gasteiger partial charge in [-0.3, -0.25) is 4.68 Å². The highest BCUT2D eigenvalue weighted by atomic mass is 16.5. The summed E-state index contributed by atoms with van der Waals surface area (Å²) in [7, 11) is 1.87. The van der Waals surface area contributed by atoms with Gasteiger partial charge in [-0.2, -0.15) is 5.10 Å². The third-order valence-electron chi connectivity index (χ3n) is 5.54. The molecule has 2 aromatic rings. The molecule has 0 saturated carbocycles. The van der Waals surface area contributed by atoms with Gasteiger partial charge in [-0.25, -0.2) is 14.8 Å². The number of ether oxygens (including phenoxy) is 1. The highest BCUT2D eigenvalue weighted by Gasteiger charge is 2.40. The quantitative estimate of drug-likeness (QED) is 0.836. The SMILES string of the molecule is Cn1cc(Nc2nccc(C3=CC4CCC(C3)N4C(=O)NC3COC3)n2)cn1. The molecule has 2 fully saturated rings. The van der Waals surface area contributed by atoms with E-state index in [0.717, 1.165) is 30.6 Å². The summed E-state index contributed by atoms with van der Waals surface area (Å²) < 4.78 is 6.88. The molecule has 3 aliphatic rings. The predicted octanol–water partition coefficient (Wildman–Crippen LogP) is 1.68. The molecule has 2 saturated heterocycles. The number of carbonyl (C=O) groups excluding carboxylic acids is 1. The van der Waals surface area contributed by atoms with Crippen LogP contribution in [0.4, 0.5) is 16.4 Å². The minimum Gasteiger partial charge on any atom is -0.377 e. The van der Waals surface area contributed by atoms with Crippen LogP contribution in [0, 0.1) is 0 Å². The van der Waals surface area contributed by atoms with Gasteiger partial charge in [-0.1, -0.05) is 6.08 Å². The molecule has 146 valence electrons. The van der Waals surface area contributed by atoms with E-state index in [1.165, 1.54) is 5.57 Å². The van der Waals surface area contributed by atoms with Gasteiger partial charge in [0.05, 0.1) is 42.9 Å². The maximum Gasteiger partial charge on any atom is 0.318 e. The van der Waals surface area contributed by atoms with Crippen LogP contribution >= 0.6 is 0 Å². The molecule has 9 heteroatoms. The van der Waals surface area contributed by atoms with E-state index in [1.807, 2.05) is 24.2 Å². The number of nitrogens with one attached hydrogen (secondary N) is 2. The Morgan fingerprint density at radius 2 is 2.21 bits per heavy atom. The molecule has 0 aromatic carbocycles. The summed E-state index contributed by atoms with van der Waals surface area (Å²) in [5.74, 6) is 0.545. The monoisotopic (exact) mass is 381 g/mol. The Kier molecular flexibility index (Phi) is 4.23. The molecule has 0 radical (unpaired) electrons. The molecule has 3 aliphatic heterocycles. The van der Waals surface area contributed by atoms with Gasteiger partial charge in [-0.15, -0.1) is 0 Å². The zero-order valence-electron chi connectivity index (χ0n) is 15.7. The van der Waals surface area contributed by atoms with Crippen molar-refractivity contribution >= 4 is 23.2 Å². The van der Waals surface area contributed by atoms with Crippen molar-refractivity contribution in [2.24, 2.45) is 7.05 Å². The molecule has 2 atom stereocenters. The molecule has 5 heterocycles. The Morgan fingerprint density at radius 3 is 2.93 bits per heavy atom. The maximum atomic E-state index is 12.7. The molecular formula is C19H23N7O2. The number of carbonyl (C=O) groups is 1. The molecule has 9 nitrogen and oxygen atoms in total. The van der Waals surface area contributed by atoms with Crippen molar-refractivity contribution < 1.29 is 9.53 Å². The van der Waals surface area contributed by atoms with Crippen LogP contribution in [-0.2, 0) is 11.8 Å². The van der Waals surface area contributed by atoms with Crippen LogP contribution in [0.3, 0.4) is 0 Å². The second-order valence-electron chi connectivity index (χ2n) is 7.58. The molecule has 2 N–H and O–H groups in total. The van der Waals surface area contributed by atoms with Crippen molar-refractivity contribution in [1.82, 2.24) is 30.0 Å². The summed E-state index contributed by atoms with van der Waals surface area (Å²) in [5, 5.41) is 10.4. The summed E-state index contributed by atoms with van der Waals surface area (Å²) in [6.45, 7) is 1.23. The zero-order chi connectivity index (χ0) is 19.1. The first kappa shape index (κ1) is 17.2. The number of amides is 2. The first-order valence-electron chi connectivity index (χ1n) is 9.62. The van der Waals surface area contributed by atoms with E-state index in [1.54, 1.807) is 17.1 Å². The molecule has 0 aliphatic carbocycles. The lowest BCUT2D eigenvalue weighted by molar-refractivity contribution is -0.00268. The van der Waals surface area contributed by atoms with Crippen LogP contribution in [0.25, 0.3) is 5.57 Å². The standard InChI is InChI=1S/C19H23N7O2/c1-25-9-13(8-21-25)22-18-20-5-4-17(24-18)12-6-15-2-3-16(7-12)26(15)19(27)23-14-10-28-11-14/h4-6,8-9,14-16H,2-3,7,10-11H2,1H3,(H,23,27)(H,20,22,24). The fourth-order valence-electron chi connectivity index (χ4n) is 4.12. The zero-order valence-corrected chi connectivity index (χ0v) is 15.7. The van der Waals surface area contributed by atoms with E-state index in [2.05, 4.69) is 31.8 Å². The summed E-state index contributed by atoms with van der Waals surface area (Å²) in [5.41, 5.74) is 2.94. The van der Waals surface area contributed by atoms with Gasteiger partial charge >= 0.3 is 6.03 Å². The molecular weight excluding hydrogens is 358 g/mol. The normalized spacial score (nSPS) is 23.9. The number of aromatic nitrogens is 4. The van der Waals surface area contributed by atoms with E-state index in [-0.39, 0.29) is 24.2 Å². The average Bonchev–Trinajstić information content (AvgIpc) is 3.18. The maximum absolute atomic E-state index is 12.7. The topological polar surface area (TPSA) is 97.2 Å². The third kappa shape index (κ3) is 3.22. The second kappa shape index (κ2) is 6.90. The minimum absolute atomic E-state index is 0.0257. The van der Waals surface area contributed by atoms with Gasteiger partial charge in [0.1, 0.15) is 0 Å². The second-order valence-corrected chi connectivity index (χ2v) is 7.58. The highest BCUT2D eigenvalue weighted by Crippen LogP contribution is 2.38. The van der Waals surface area contributed by atoms with E-state index in [9.17, 15) is 4.79 Å². The molecule has 28 heavy (non-hydrogen) atoms. The number of hydrogen-bond donors (Lipinski definition) is 2. The van der Waals surface area contributed by atoms with Gasteiger partial charge in [0.2, 0.25) is 5.95 Å². The highest BCUT2D eigenvalue weighted by molar-refractivity contribution is 5.78. The van der Waals surface area contributed by atoms with E-state index < -0.39 is 0 Å². The van der Waals surface area contributed by atoms with Crippen LogP contribution in [-0.4, -0.2) is 62.0 Å². The van der Waals surface area contributed by atoms with Crippen LogP contribution in [0.1, 0.15) is 25.0 Å². The first-order chi connectivity index (χ1) is 13.7. The van der Waals surface area contributed by atoms with Crippen molar-refractivity contribution in [2.75, 3.05) is 18.5 Å². The van der Waals surface area contributed by atoms with E-state index >= 15 is 0 Å². The van der Waals surface area contributed by atoms with Gasteiger partial charge < -0.3 is 20.3 Å². The summed E-state index contributed by atoms with van der Waals surface area (Å²) in [6.07, 6.45) is 10.4. The largest absolute Gasteiger partial charge is 0.377 e. The Morgan fingerprint density at radius 1 is 1.32 bits per heavy atom. The molecule has 2 bridgehead atoms. The van der Waals surface area contributed by atoms with Crippen LogP contribution < -0.4 is 10.6 Å². The fourth-order valence-corrected chi connectivity index (χ4v) is 4.12. The minimum atomic E-state index is 0.0257. The number of hydrogen-bond acceptors (Lipinski definition) is 6. The number of aryl methyl sites for hydroxylation is 1. The number of nitrogens with zero attached hydrogens (tertiary/aromatic N) is 5. The predicted molar refractivity (Wildman–Crippen MR) is 103 cm³/mol. The van der Waals surface area contributed by atoms with Crippen LogP contribution in [0.2, 0.25) is 0 Å². The summed E-state index contributed by atoms with van der Waals surface area (Å²) >= 11 is 0. The fraction of sp³-hybridized carbons (Fsp3) is 0.474. The molecule has 2 unspecified atom stereocenters. The lowest BCUT2D eigenvalue weighted by Gasteiger charge is -2.36. The van der Waals surface area contributed by atoms with Crippen molar-refractivity contribution in [2.45, 2.75) is 37.4 Å². The van der Waals surface area contributed by atoms with Crippen molar-refractivity contribution in [3.05, 3.63) is 36.4 Å². The van der Waals surface area contributed by atoms with Crippen LogP contribution in [0.5, 0.6) is 0 Å². The van der Waals surface area contributed by atoms with E-state index in [4.69, 9.17) is 4.74 Å². The Hall–Kier alpha value is -2.94. The van der Waals surface area contributed by atoms with Gasteiger partial charge in [0.25, 0.3) is 0 Å². The average molecular weight is 381 g/mol. The Labute approximate surface area is 162 Å². The van der Waals surface area contributed by atoms with Crippen LogP contribution in [0.15, 0.2) is 30.7 Å². The summed E-state index contributed by atoms with van der Waals surface area (Å²) in [4.78, 5) is 23.6. The molecule has 5 rings (SSSR count). The van der Waals surface area contributed by atoms with Crippen molar-refractivity contribution in [3.63, 3.8) is 0 Å². The third-order valence-corrected chi connectivity index (χ3v) is 5.54.